The number of carboxylic acids is 1. The molecule has 1 aliphatic heterocycles. The van der Waals surface area contributed by atoms with E-state index in [-0.39, 0.29) is 5.69 Å². The van der Waals surface area contributed by atoms with Crippen LogP contribution in [0.15, 0.2) is 18.5 Å². The molecule has 0 amide bonds. The predicted octanol–water partition coefficient (Wildman–Crippen LogP) is 1.10. The highest BCUT2D eigenvalue weighted by Crippen LogP contribution is 2.31. The summed E-state index contributed by atoms with van der Waals surface area (Å²) in [6.45, 7) is 0.626. The average molecular weight is 231 g/mol. The SMILES string of the molecule is O=C(O)c1cnc(-c2nccc3c2CCO3)[nH]1. The van der Waals surface area contributed by atoms with Crippen molar-refractivity contribution in [2.45, 2.75) is 6.42 Å². The van der Waals surface area contributed by atoms with E-state index in [2.05, 4.69) is 15.0 Å². The molecule has 6 heteroatoms. The van der Waals surface area contributed by atoms with E-state index in [9.17, 15) is 4.79 Å². The Hall–Kier alpha value is -2.37. The number of aromatic nitrogens is 3. The van der Waals surface area contributed by atoms with Gasteiger partial charge in [0.15, 0.2) is 5.82 Å². The molecular formula is C11H9N3O3. The Bertz CT molecular complexity index is 591. The molecule has 0 aliphatic carbocycles. The summed E-state index contributed by atoms with van der Waals surface area (Å²) >= 11 is 0. The van der Waals surface area contributed by atoms with E-state index in [1.165, 1.54) is 6.20 Å². The molecule has 17 heavy (non-hydrogen) atoms. The maximum atomic E-state index is 10.8. The second-order valence-corrected chi connectivity index (χ2v) is 3.69. The number of rotatable bonds is 2. The average Bonchev–Trinajstić information content (AvgIpc) is 2.97. The topological polar surface area (TPSA) is 88.1 Å². The Morgan fingerprint density at radius 3 is 3.12 bits per heavy atom. The van der Waals surface area contributed by atoms with Crippen molar-refractivity contribution in [2.75, 3.05) is 6.61 Å². The minimum Gasteiger partial charge on any atom is -0.493 e. The summed E-state index contributed by atoms with van der Waals surface area (Å²) in [5, 5.41) is 8.82. The van der Waals surface area contributed by atoms with Crippen LogP contribution in [0.5, 0.6) is 5.75 Å². The number of aromatic carboxylic acids is 1. The minimum atomic E-state index is -1.03. The number of carbonyl (C=O) groups is 1. The summed E-state index contributed by atoms with van der Waals surface area (Å²) in [5.74, 6) is 0.223. The van der Waals surface area contributed by atoms with Gasteiger partial charge in [0.1, 0.15) is 17.1 Å². The number of hydrogen-bond donors (Lipinski definition) is 2. The second-order valence-electron chi connectivity index (χ2n) is 3.69. The third kappa shape index (κ3) is 1.54. The molecule has 0 bridgehead atoms. The number of ether oxygens (including phenoxy) is 1. The van der Waals surface area contributed by atoms with Crippen molar-refractivity contribution < 1.29 is 14.6 Å². The number of nitrogens with zero attached hydrogens (tertiary/aromatic N) is 2. The van der Waals surface area contributed by atoms with E-state index in [0.717, 1.165) is 17.7 Å². The molecular weight excluding hydrogens is 222 g/mol. The van der Waals surface area contributed by atoms with Crippen molar-refractivity contribution in [1.82, 2.24) is 15.0 Å². The molecule has 2 N–H and O–H groups in total. The monoisotopic (exact) mass is 231 g/mol. The van der Waals surface area contributed by atoms with Gasteiger partial charge in [0.2, 0.25) is 0 Å². The van der Waals surface area contributed by atoms with Crippen LogP contribution in [0.3, 0.4) is 0 Å². The highest BCUT2D eigenvalue weighted by molar-refractivity contribution is 5.85. The molecule has 2 aromatic heterocycles. The molecule has 6 nitrogen and oxygen atoms in total. The standard InChI is InChI=1S/C11H9N3O3/c15-11(16)7-5-13-10(14-7)9-6-2-4-17-8(6)1-3-12-9/h1,3,5H,2,4H2,(H,13,14)(H,15,16). The third-order valence-corrected chi connectivity index (χ3v) is 2.65. The van der Waals surface area contributed by atoms with Gasteiger partial charge < -0.3 is 14.8 Å². The summed E-state index contributed by atoms with van der Waals surface area (Å²) in [6.07, 6.45) is 3.68. The van der Waals surface area contributed by atoms with Crippen molar-refractivity contribution in [3.8, 4) is 17.3 Å². The summed E-state index contributed by atoms with van der Waals surface area (Å²) in [5.41, 5.74) is 1.68. The van der Waals surface area contributed by atoms with E-state index >= 15 is 0 Å². The number of nitrogens with one attached hydrogen (secondary N) is 1. The molecule has 0 aromatic carbocycles. The quantitative estimate of drug-likeness (QED) is 0.808. The van der Waals surface area contributed by atoms with Crippen LogP contribution in [0, 0.1) is 0 Å². The number of H-pyrrole nitrogens is 1. The first-order chi connectivity index (χ1) is 8.25. The number of imidazole rings is 1. The first kappa shape index (κ1) is 9.83. The molecule has 86 valence electrons. The fourth-order valence-electron chi connectivity index (χ4n) is 1.87. The van der Waals surface area contributed by atoms with Crippen LogP contribution in [0.4, 0.5) is 0 Å². The number of fused-ring (bicyclic) bond motifs is 1. The molecule has 1 aliphatic rings. The molecule has 3 heterocycles. The van der Waals surface area contributed by atoms with Crippen LogP contribution in [0.1, 0.15) is 16.1 Å². The Balaban J connectivity index is 2.09. The number of pyridine rings is 1. The Morgan fingerprint density at radius 2 is 2.35 bits per heavy atom. The van der Waals surface area contributed by atoms with Crippen molar-refractivity contribution in [3.63, 3.8) is 0 Å². The zero-order chi connectivity index (χ0) is 11.8. The van der Waals surface area contributed by atoms with Crippen molar-refractivity contribution in [1.29, 1.82) is 0 Å². The third-order valence-electron chi connectivity index (χ3n) is 2.65. The van der Waals surface area contributed by atoms with Gasteiger partial charge in [0, 0.05) is 18.2 Å². The van der Waals surface area contributed by atoms with Crippen LogP contribution < -0.4 is 4.74 Å². The van der Waals surface area contributed by atoms with Crippen LogP contribution in [0.2, 0.25) is 0 Å². The molecule has 0 unspecified atom stereocenters. The van der Waals surface area contributed by atoms with Gasteiger partial charge in [-0.3, -0.25) is 4.98 Å². The lowest BCUT2D eigenvalue weighted by molar-refractivity contribution is 0.0691. The van der Waals surface area contributed by atoms with Gasteiger partial charge >= 0.3 is 5.97 Å². The van der Waals surface area contributed by atoms with Gasteiger partial charge in [-0.2, -0.15) is 0 Å². The van der Waals surface area contributed by atoms with E-state index in [1.54, 1.807) is 12.3 Å². The summed E-state index contributed by atoms with van der Waals surface area (Å²) in [6, 6.07) is 1.80. The lowest BCUT2D eigenvalue weighted by atomic mass is 10.1. The van der Waals surface area contributed by atoms with Crippen molar-refractivity contribution >= 4 is 5.97 Å². The normalized spacial score (nSPS) is 13.2. The van der Waals surface area contributed by atoms with Gasteiger partial charge in [0.05, 0.1) is 12.8 Å². The van der Waals surface area contributed by atoms with Gasteiger partial charge in [-0.05, 0) is 6.07 Å². The van der Waals surface area contributed by atoms with E-state index in [4.69, 9.17) is 9.84 Å². The van der Waals surface area contributed by atoms with Crippen LogP contribution in [-0.4, -0.2) is 32.6 Å². The molecule has 0 atom stereocenters. The molecule has 0 radical (unpaired) electrons. The Labute approximate surface area is 96.3 Å². The summed E-state index contributed by atoms with van der Waals surface area (Å²) in [4.78, 5) is 21.8. The predicted molar refractivity (Wildman–Crippen MR) is 58.0 cm³/mol. The lowest BCUT2D eigenvalue weighted by Crippen LogP contribution is -1.96. The molecule has 0 saturated heterocycles. The van der Waals surface area contributed by atoms with E-state index in [0.29, 0.717) is 18.1 Å². The Morgan fingerprint density at radius 1 is 1.47 bits per heavy atom. The van der Waals surface area contributed by atoms with Gasteiger partial charge in [-0.1, -0.05) is 0 Å². The maximum absolute atomic E-state index is 10.8. The van der Waals surface area contributed by atoms with E-state index < -0.39 is 5.97 Å². The van der Waals surface area contributed by atoms with Gasteiger partial charge in [-0.25, -0.2) is 9.78 Å². The second kappa shape index (κ2) is 3.58. The fraction of sp³-hybridized carbons (Fsp3) is 0.182. The van der Waals surface area contributed by atoms with Crippen molar-refractivity contribution in [2.24, 2.45) is 0 Å². The zero-order valence-corrected chi connectivity index (χ0v) is 8.80. The highest BCUT2D eigenvalue weighted by Gasteiger charge is 2.20. The van der Waals surface area contributed by atoms with Gasteiger partial charge in [0.25, 0.3) is 0 Å². The number of aromatic amines is 1. The maximum Gasteiger partial charge on any atom is 0.353 e. The summed E-state index contributed by atoms with van der Waals surface area (Å²) in [7, 11) is 0. The molecule has 3 rings (SSSR count). The molecule has 0 spiro atoms. The van der Waals surface area contributed by atoms with Crippen molar-refractivity contribution in [3.05, 3.63) is 29.7 Å². The van der Waals surface area contributed by atoms with E-state index in [1.807, 2.05) is 0 Å². The minimum absolute atomic E-state index is 0.0540. The number of carboxylic acid groups (broad SMARTS) is 1. The molecule has 0 saturated carbocycles. The smallest absolute Gasteiger partial charge is 0.353 e. The zero-order valence-electron chi connectivity index (χ0n) is 8.80. The largest absolute Gasteiger partial charge is 0.493 e. The molecule has 2 aromatic rings. The molecule has 0 fully saturated rings. The number of hydrogen-bond acceptors (Lipinski definition) is 4. The summed E-state index contributed by atoms with van der Waals surface area (Å²) < 4.78 is 5.42. The van der Waals surface area contributed by atoms with Crippen LogP contribution in [-0.2, 0) is 6.42 Å². The highest BCUT2D eigenvalue weighted by atomic mass is 16.5. The Kier molecular flexibility index (Phi) is 2.07. The van der Waals surface area contributed by atoms with Gasteiger partial charge in [-0.15, -0.1) is 0 Å². The first-order valence-corrected chi connectivity index (χ1v) is 5.15. The first-order valence-electron chi connectivity index (χ1n) is 5.15. The lowest BCUT2D eigenvalue weighted by Gasteiger charge is -2.02. The fourth-order valence-corrected chi connectivity index (χ4v) is 1.87. The van der Waals surface area contributed by atoms with Crippen LogP contribution in [0.25, 0.3) is 11.5 Å². The van der Waals surface area contributed by atoms with Crippen LogP contribution >= 0.6 is 0 Å².